The monoisotopic (exact) mass is 305 g/mol. The van der Waals surface area contributed by atoms with Crippen LogP contribution in [-0.2, 0) is 9.13 Å². The van der Waals surface area contributed by atoms with E-state index in [1.807, 2.05) is 0 Å². The average Bonchev–Trinajstić information content (AvgIpc) is 2.15. The van der Waals surface area contributed by atoms with E-state index in [-0.39, 0.29) is 0 Å². The van der Waals surface area contributed by atoms with E-state index in [1.54, 1.807) is 4.31 Å². The quantitative estimate of drug-likeness (QED) is 0.451. The highest BCUT2D eigenvalue weighted by Gasteiger charge is 2.58. The highest BCUT2D eigenvalue weighted by atomic mass is 32.2. The van der Waals surface area contributed by atoms with Crippen molar-refractivity contribution >= 4 is 27.1 Å². The predicted octanol–water partition coefficient (Wildman–Crippen LogP) is 1.15. The Morgan fingerprint density at radius 2 is 1.41 bits per heavy atom. The predicted molar refractivity (Wildman–Crippen MR) is 65.5 cm³/mol. The van der Waals surface area contributed by atoms with Crippen LogP contribution in [0.2, 0.25) is 0 Å². The molecule has 4 N–H and O–H groups in total. The normalized spacial score (nSPS) is 20.5. The molecule has 0 radical (unpaired) electrons. The number of nitrogens with zero attached hydrogens (tertiary/aromatic N) is 1. The highest BCUT2D eigenvalue weighted by molar-refractivity contribution is 8.11. The van der Waals surface area contributed by atoms with Gasteiger partial charge in [-0.25, -0.2) is 4.31 Å². The first-order chi connectivity index (χ1) is 7.58. The third kappa shape index (κ3) is 3.55. The van der Waals surface area contributed by atoms with Gasteiger partial charge in [0.1, 0.15) is 0 Å². The average molecular weight is 305 g/mol. The molecule has 1 aliphatic heterocycles. The molecule has 10 heteroatoms. The van der Waals surface area contributed by atoms with Crippen LogP contribution in [0, 0.1) is 0 Å². The van der Waals surface area contributed by atoms with Crippen LogP contribution >= 0.6 is 27.1 Å². The summed E-state index contributed by atoms with van der Waals surface area (Å²) in [6.07, 6.45) is 2.76. The van der Waals surface area contributed by atoms with E-state index >= 15 is 0 Å². The molecular weight excluding hydrogens is 288 g/mol. The molecule has 1 heterocycles. The van der Waals surface area contributed by atoms with E-state index in [9.17, 15) is 28.7 Å². The van der Waals surface area contributed by atoms with E-state index in [0.29, 0.717) is 25.0 Å². The zero-order valence-corrected chi connectivity index (χ0v) is 12.0. The van der Waals surface area contributed by atoms with Crippen LogP contribution in [0.1, 0.15) is 26.2 Å². The van der Waals surface area contributed by atoms with Gasteiger partial charge in [0, 0.05) is 13.1 Å². The molecule has 0 aliphatic carbocycles. The van der Waals surface area contributed by atoms with Crippen LogP contribution in [0.3, 0.4) is 0 Å². The van der Waals surface area contributed by atoms with Crippen molar-refractivity contribution in [3.8, 4) is 0 Å². The fourth-order valence-corrected chi connectivity index (χ4v) is 5.31. The Kier molecular flexibility index (Phi) is 4.89. The van der Waals surface area contributed by atoms with Gasteiger partial charge < -0.3 is 19.6 Å². The van der Waals surface area contributed by atoms with Crippen LogP contribution in [0.5, 0.6) is 0 Å². The van der Waals surface area contributed by atoms with Gasteiger partial charge in [-0.15, -0.1) is 0 Å². The number of piperidine rings is 1. The number of hydrogen-bond acceptors (Lipinski definition) is 4. The minimum atomic E-state index is -4.92. The van der Waals surface area contributed by atoms with Crippen LogP contribution in [0.4, 0.5) is 0 Å². The first kappa shape index (κ1) is 15.7. The van der Waals surface area contributed by atoms with Crippen LogP contribution in [0.25, 0.3) is 0 Å². The lowest BCUT2D eigenvalue weighted by Crippen LogP contribution is -2.31. The van der Waals surface area contributed by atoms with Crippen molar-refractivity contribution in [2.24, 2.45) is 0 Å². The summed E-state index contributed by atoms with van der Waals surface area (Å²) in [4.78, 5) is 36.7. The molecule has 0 unspecified atom stereocenters. The second-order valence-corrected chi connectivity index (χ2v) is 10.5. The van der Waals surface area contributed by atoms with E-state index in [0.717, 1.165) is 26.2 Å². The molecule has 0 saturated carbocycles. The van der Waals surface area contributed by atoms with Crippen molar-refractivity contribution in [3.63, 3.8) is 0 Å². The first-order valence-electron chi connectivity index (χ1n) is 5.13. The summed E-state index contributed by atoms with van der Waals surface area (Å²) in [5.41, 5.74) is 0. The lowest BCUT2D eigenvalue weighted by molar-refractivity contribution is 0.330. The molecule has 1 rings (SSSR count). The van der Waals surface area contributed by atoms with Crippen molar-refractivity contribution in [2.75, 3.05) is 13.1 Å². The number of hydrogen-bond donors (Lipinski definition) is 4. The lowest BCUT2D eigenvalue weighted by atomic mass is 10.2. The van der Waals surface area contributed by atoms with E-state index in [4.69, 9.17) is 0 Å². The van der Waals surface area contributed by atoms with Gasteiger partial charge in [0.05, 0.1) is 0 Å². The van der Waals surface area contributed by atoms with Gasteiger partial charge in [-0.2, -0.15) is 0 Å². The highest BCUT2D eigenvalue weighted by Crippen LogP contribution is 2.74. The van der Waals surface area contributed by atoms with Gasteiger partial charge >= 0.3 is 15.2 Å². The Morgan fingerprint density at radius 1 is 1.00 bits per heavy atom. The van der Waals surface area contributed by atoms with E-state index in [2.05, 4.69) is 0 Å². The van der Waals surface area contributed by atoms with Crippen LogP contribution < -0.4 is 0 Å². The van der Waals surface area contributed by atoms with Crippen molar-refractivity contribution < 1.29 is 28.7 Å². The summed E-state index contributed by atoms with van der Waals surface area (Å²) in [5, 5.41) is 0. The molecule has 17 heavy (non-hydrogen) atoms. The second kappa shape index (κ2) is 5.31. The summed E-state index contributed by atoms with van der Waals surface area (Å²) < 4.78 is 21.9. The molecule has 0 aromatic rings. The van der Waals surface area contributed by atoms with Gasteiger partial charge in [0.15, 0.2) is 0 Å². The minimum Gasteiger partial charge on any atom is -0.323 e. The minimum absolute atomic E-state index is 0.584. The topological polar surface area (TPSA) is 118 Å². The van der Waals surface area contributed by atoms with Crippen molar-refractivity contribution in [1.29, 1.82) is 0 Å². The summed E-state index contributed by atoms with van der Waals surface area (Å²) in [6, 6.07) is 0. The molecule has 1 aliphatic rings. The molecule has 0 aromatic heterocycles. The maximum Gasteiger partial charge on any atom is 0.354 e. The summed E-state index contributed by atoms with van der Waals surface area (Å²) in [5.74, 6) is 0. The fraction of sp³-hybridized carbons (Fsp3) is 1.00. The largest absolute Gasteiger partial charge is 0.354 e. The molecule has 1 fully saturated rings. The molecular formula is C7H17NO6P2S. The van der Waals surface area contributed by atoms with E-state index in [1.165, 1.54) is 0 Å². The molecule has 7 nitrogen and oxygen atoms in total. The molecule has 0 amide bonds. The van der Waals surface area contributed by atoms with Gasteiger partial charge in [0.2, 0.25) is 4.23 Å². The van der Waals surface area contributed by atoms with Crippen LogP contribution in [-0.4, -0.2) is 41.2 Å². The number of rotatable bonds is 4. The maximum absolute atomic E-state index is 11.3. The van der Waals surface area contributed by atoms with Crippen molar-refractivity contribution in [1.82, 2.24) is 4.31 Å². The van der Waals surface area contributed by atoms with Gasteiger partial charge in [-0.05, 0) is 31.7 Å². The summed E-state index contributed by atoms with van der Waals surface area (Å²) in [6.45, 7) is 2.09. The molecule has 0 atom stereocenters. The molecule has 0 bridgehead atoms. The fourth-order valence-electron chi connectivity index (χ4n) is 1.48. The third-order valence-corrected chi connectivity index (χ3v) is 9.31. The zero-order chi connectivity index (χ0) is 13.3. The molecule has 0 aromatic carbocycles. The van der Waals surface area contributed by atoms with Gasteiger partial charge in [0.25, 0.3) is 0 Å². The maximum atomic E-state index is 11.3. The molecule has 102 valence electrons. The van der Waals surface area contributed by atoms with Crippen molar-refractivity contribution in [3.05, 3.63) is 0 Å². The summed E-state index contributed by atoms with van der Waals surface area (Å²) in [7, 11) is -9.84. The smallest absolute Gasteiger partial charge is 0.323 e. The third-order valence-electron chi connectivity index (χ3n) is 2.70. The standard InChI is InChI=1S/C7H17NO6P2S/c1-7(15(9,10)11,16(12,13)14)17-8-5-3-2-4-6-8/h2-6H2,1H3,(H2,9,10,11)(H2,12,13,14). The lowest BCUT2D eigenvalue weighted by Gasteiger charge is -2.36. The van der Waals surface area contributed by atoms with Crippen LogP contribution in [0.15, 0.2) is 0 Å². The molecule has 1 saturated heterocycles. The second-order valence-electron chi connectivity index (χ2n) is 4.10. The summed E-state index contributed by atoms with van der Waals surface area (Å²) >= 11 is 0.589. The Balaban J connectivity index is 2.92. The Hall–Kier alpha value is 0.610. The first-order valence-corrected chi connectivity index (χ1v) is 9.13. The molecule has 0 spiro atoms. The van der Waals surface area contributed by atoms with E-state index < -0.39 is 19.4 Å². The Morgan fingerprint density at radius 3 is 1.76 bits per heavy atom. The van der Waals surface area contributed by atoms with Gasteiger partial charge in [-0.3, -0.25) is 9.13 Å². The Bertz CT molecular complexity index is 337. The Labute approximate surface area is 104 Å². The van der Waals surface area contributed by atoms with Gasteiger partial charge in [-0.1, -0.05) is 6.42 Å². The van der Waals surface area contributed by atoms with Crippen molar-refractivity contribution in [2.45, 2.75) is 30.4 Å². The zero-order valence-electron chi connectivity index (χ0n) is 9.39. The SMILES string of the molecule is CC(SN1CCCCC1)(P(=O)(O)O)P(=O)(O)O.